The minimum atomic E-state index is -2.99. The smallest absolute Gasteiger partial charge is 0.383 e. The number of primary amides is 1. The van der Waals surface area contributed by atoms with Gasteiger partial charge in [-0.2, -0.15) is 18.6 Å². The van der Waals surface area contributed by atoms with Crippen LogP contribution in [0.15, 0.2) is 41.7 Å². The standard InChI is InChI=1S/C14H13F2N5O4/c15-14(16)21-10(5-6-19-21)13(23)25-20-12(18)8-1-3-9(4-2-8)24-7-11(17)22/h1-6,14H,7H2,(H2,17,22)(H2,18,20). The van der Waals surface area contributed by atoms with Crippen molar-refractivity contribution < 1.29 is 27.9 Å². The lowest BCUT2D eigenvalue weighted by Crippen LogP contribution is -2.20. The zero-order valence-electron chi connectivity index (χ0n) is 12.6. The molecule has 0 unspecified atom stereocenters. The van der Waals surface area contributed by atoms with Crippen LogP contribution in [-0.2, 0) is 9.63 Å². The fourth-order valence-corrected chi connectivity index (χ4v) is 1.70. The summed E-state index contributed by atoms with van der Waals surface area (Å²) < 4.78 is 30.5. The van der Waals surface area contributed by atoms with Crippen molar-refractivity contribution in [2.24, 2.45) is 16.6 Å². The molecule has 9 nitrogen and oxygen atoms in total. The van der Waals surface area contributed by atoms with Crippen molar-refractivity contribution in [2.45, 2.75) is 6.55 Å². The molecule has 0 atom stereocenters. The van der Waals surface area contributed by atoms with Crippen LogP contribution in [0.4, 0.5) is 8.78 Å². The Kier molecular flexibility index (Phi) is 5.61. The third kappa shape index (κ3) is 4.73. The SMILES string of the molecule is NC(=O)COc1ccc(/C(N)=N/OC(=O)c2ccnn2C(F)F)cc1. The summed E-state index contributed by atoms with van der Waals surface area (Å²) in [6.07, 6.45) is 1.03. The van der Waals surface area contributed by atoms with Crippen LogP contribution in [-0.4, -0.2) is 34.1 Å². The number of rotatable bonds is 7. The van der Waals surface area contributed by atoms with E-state index in [1.165, 1.54) is 24.3 Å². The van der Waals surface area contributed by atoms with Crippen LogP contribution < -0.4 is 16.2 Å². The van der Waals surface area contributed by atoms with Crippen LogP contribution >= 0.6 is 0 Å². The zero-order valence-corrected chi connectivity index (χ0v) is 12.6. The van der Waals surface area contributed by atoms with Gasteiger partial charge in [0.1, 0.15) is 5.75 Å². The third-order valence-corrected chi connectivity index (χ3v) is 2.82. The molecule has 0 bridgehead atoms. The monoisotopic (exact) mass is 353 g/mol. The molecular formula is C14H13F2N5O4. The van der Waals surface area contributed by atoms with Crippen molar-refractivity contribution in [1.29, 1.82) is 0 Å². The summed E-state index contributed by atoms with van der Waals surface area (Å²) in [4.78, 5) is 26.9. The molecule has 0 radical (unpaired) electrons. The summed E-state index contributed by atoms with van der Waals surface area (Å²) in [6.45, 7) is -3.27. The van der Waals surface area contributed by atoms with Gasteiger partial charge in [0.25, 0.3) is 5.91 Å². The molecule has 0 aliphatic carbocycles. The number of amides is 1. The van der Waals surface area contributed by atoms with Crippen molar-refractivity contribution >= 4 is 17.7 Å². The predicted octanol–water partition coefficient (Wildman–Crippen LogP) is 0.620. The van der Waals surface area contributed by atoms with Gasteiger partial charge in [-0.15, -0.1) is 0 Å². The molecule has 0 saturated carbocycles. The molecule has 1 aromatic heterocycles. The molecule has 0 saturated heterocycles. The highest BCUT2D eigenvalue weighted by atomic mass is 19.3. The summed E-state index contributed by atoms with van der Waals surface area (Å²) in [5, 5.41) is 6.70. The number of alkyl halides is 2. The lowest BCUT2D eigenvalue weighted by Gasteiger charge is -2.05. The van der Waals surface area contributed by atoms with E-state index >= 15 is 0 Å². The Morgan fingerprint density at radius 2 is 1.88 bits per heavy atom. The van der Waals surface area contributed by atoms with Gasteiger partial charge >= 0.3 is 12.5 Å². The fraction of sp³-hybridized carbons (Fsp3) is 0.143. The first kappa shape index (κ1) is 17.8. The number of carbonyl (C=O) groups is 2. The summed E-state index contributed by atoms with van der Waals surface area (Å²) in [5.41, 5.74) is 10.5. The van der Waals surface area contributed by atoms with Gasteiger partial charge < -0.3 is 21.0 Å². The Hall–Kier alpha value is -3.50. The van der Waals surface area contributed by atoms with E-state index in [0.29, 0.717) is 11.3 Å². The highest BCUT2D eigenvalue weighted by molar-refractivity contribution is 5.98. The molecule has 132 valence electrons. The van der Waals surface area contributed by atoms with Gasteiger partial charge in [0.05, 0.1) is 6.20 Å². The number of hydrogen-bond donors (Lipinski definition) is 2. The molecule has 0 spiro atoms. The van der Waals surface area contributed by atoms with Crippen LogP contribution in [0.5, 0.6) is 5.75 Å². The highest BCUT2D eigenvalue weighted by Crippen LogP contribution is 2.14. The van der Waals surface area contributed by atoms with Gasteiger partial charge in [0.2, 0.25) is 0 Å². The average molecular weight is 353 g/mol. The Bertz CT molecular complexity index is 789. The minimum absolute atomic E-state index is 0.169. The average Bonchev–Trinajstić information content (AvgIpc) is 3.08. The van der Waals surface area contributed by atoms with Crippen LogP contribution in [0.25, 0.3) is 0 Å². The molecule has 1 aromatic carbocycles. The molecule has 4 N–H and O–H groups in total. The fourth-order valence-electron chi connectivity index (χ4n) is 1.70. The van der Waals surface area contributed by atoms with E-state index in [1.54, 1.807) is 0 Å². The molecule has 0 fully saturated rings. The highest BCUT2D eigenvalue weighted by Gasteiger charge is 2.19. The molecule has 2 rings (SSSR count). The molecule has 1 amide bonds. The number of benzene rings is 1. The first-order valence-corrected chi connectivity index (χ1v) is 6.76. The molecular weight excluding hydrogens is 340 g/mol. The van der Waals surface area contributed by atoms with Crippen molar-refractivity contribution in [3.63, 3.8) is 0 Å². The maximum absolute atomic E-state index is 12.6. The largest absolute Gasteiger partial charge is 0.484 e. The number of halogens is 2. The van der Waals surface area contributed by atoms with Gasteiger partial charge in [-0.05, 0) is 30.3 Å². The van der Waals surface area contributed by atoms with Crippen LogP contribution in [0.2, 0.25) is 0 Å². The van der Waals surface area contributed by atoms with Gasteiger partial charge in [0.15, 0.2) is 18.1 Å². The minimum Gasteiger partial charge on any atom is -0.484 e. The Balaban J connectivity index is 2.02. The van der Waals surface area contributed by atoms with Gasteiger partial charge in [-0.3, -0.25) is 4.79 Å². The van der Waals surface area contributed by atoms with E-state index in [9.17, 15) is 18.4 Å². The number of oxime groups is 1. The predicted molar refractivity (Wildman–Crippen MR) is 80.8 cm³/mol. The summed E-state index contributed by atoms with van der Waals surface area (Å²) in [5.74, 6) is -1.56. The number of ether oxygens (including phenoxy) is 1. The number of carbonyl (C=O) groups excluding carboxylic acids is 2. The molecule has 2 aromatic rings. The van der Waals surface area contributed by atoms with E-state index < -0.39 is 24.1 Å². The first-order valence-electron chi connectivity index (χ1n) is 6.76. The summed E-state index contributed by atoms with van der Waals surface area (Å²) >= 11 is 0. The van der Waals surface area contributed by atoms with E-state index in [2.05, 4.69) is 15.1 Å². The van der Waals surface area contributed by atoms with Gasteiger partial charge in [-0.1, -0.05) is 5.16 Å². The van der Waals surface area contributed by atoms with Crippen molar-refractivity contribution in [3.05, 3.63) is 47.8 Å². The number of hydrogen-bond acceptors (Lipinski definition) is 6. The Morgan fingerprint density at radius 3 is 2.48 bits per heavy atom. The maximum atomic E-state index is 12.6. The van der Waals surface area contributed by atoms with E-state index in [0.717, 1.165) is 12.3 Å². The second kappa shape index (κ2) is 7.86. The number of amidine groups is 1. The number of nitrogens with two attached hydrogens (primary N) is 2. The maximum Gasteiger partial charge on any atom is 0.383 e. The second-order valence-electron chi connectivity index (χ2n) is 4.57. The molecule has 25 heavy (non-hydrogen) atoms. The Morgan fingerprint density at radius 1 is 1.20 bits per heavy atom. The van der Waals surface area contributed by atoms with Crippen LogP contribution in [0, 0.1) is 0 Å². The number of nitrogens with zero attached hydrogens (tertiary/aromatic N) is 3. The normalized spacial score (nSPS) is 11.4. The van der Waals surface area contributed by atoms with Crippen molar-refractivity contribution in [2.75, 3.05) is 6.61 Å². The summed E-state index contributed by atoms with van der Waals surface area (Å²) in [7, 11) is 0. The number of aromatic nitrogens is 2. The molecule has 1 heterocycles. The quantitative estimate of drug-likeness (QED) is 0.324. The van der Waals surface area contributed by atoms with Gasteiger partial charge in [-0.25, -0.2) is 4.79 Å². The van der Waals surface area contributed by atoms with E-state index in [4.69, 9.17) is 16.2 Å². The van der Waals surface area contributed by atoms with Crippen LogP contribution in [0.3, 0.4) is 0 Å². The van der Waals surface area contributed by atoms with Crippen molar-refractivity contribution in [1.82, 2.24) is 9.78 Å². The van der Waals surface area contributed by atoms with Crippen molar-refractivity contribution in [3.8, 4) is 5.75 Å². The molecule has 0 aliphatic heterocycles. The zero-order chi connectivity index (χ0) is 18.4. The lowest BCUT2D eigenvalue weighted by molar-refractivity contribution is -0.119. The Labute approximate surface area is 139 Å². The molecule has 11 heteroatoms. The van der Waals surface area contributed by atoms with Gasteiger partial charge in [0, 0.05) is 5.56 Å². The first-order chi connectivity index (χ1) is 11.9. The summed E-state index contributed by atoms with van der Waals surface area (Å²) in [6, 6.07) is 7.03. The topological polar surface area (TPSA) is 135 Å². The third-order valence-electron chi connectivity index (χ3n) is 2.82. The van der Waals surface area contributed by atoms with Crippen LogP contribution in [0.1, 0.15) is 22.6 Å². The second-order valence-corrected chi connectivity index (χ2v) is 4.57. The van der Waals surface area contributed by atoms with E-state index in [-0.39, 0.29) is 17.1 Å². The van der Waals surface area contributed by atoms with E-state index in [1.807, 2.05) is 0 Å². The molecule has 0 aliphatic rings. The lowest BCUT2D eigenvalue weighted by atomic mass is 10.2.